The van der Waals surface area contributed by atoms with Crippen molar-refractivity contribution in [3.8, 4) is 5.75 Å². The second-order valence-electron chi connectivity index (χ2n) is 5.42. The maximum absolute atomic E-state index is 5.82. The zero-order chi connectivity index (χ0) is 14.0. The number of hydrogen-bond donors (Lipinski definition) is 2. The van der Waals surface area contributed by atoms with Crippen molar-refractivity contribution in [2.45, 2.75) is 44.8 Å². The number of benzene rings is 1. The number of aryl methyl sites for hydroxylation is 2. The van der Waals surface area contributed by atoms with Crippen molar-refractivity contribution in [2.24, 2.45) is 5.84 Å². The van der Waals surface area contributed by atoms with E-state index in [1.54, 1.807) is 14.2 Å². The van der Waals surface area contributed by atoms with Gasteiger partial charge in [-0.2, -0.15) is 0 Å². The average molecular weight is 264 g/mol. The summed E-state index contributed by atoms with van der Waals surface area (Å²) in [5.41, 5.74) is 6.22. The highest BCUT2D eigenvalue weighted by molar-refractivity contribution is 5.46. The molecule has 0 saturated heterocycles. The first kappa shape index (κ1) is 14.3. The van der Waals surface area contributed by atoms with Crippen LogP contribution in [0.15, 0.2) is 12.1 Å². The summed E-state index contributed by atoms with van der Waals surface area (Å²) in [5, 5.41) is 0. The topological polar surface area (TPSA) is 56.5 Å². The summed E-state index contributed by atoms with van der Waals surface area (Å²) in [7, 11) is 3.46. The Bertz CT molecular complexity index is 450. The minimum atomic E-state index is -0.206. The van der Waals surface area contributed by atoms with Crippen molar-refractivity contribution in [3.63, 3.8) is 0 Å². The summed E-state index contributed by atoms with van der Waals surface area (Å²) in [6.45, 7) is 4.16. The number of nitrogens with one attached hydrogen (secondary N) is 1. The molecule has 0 aliphatic heterocycles. The van der Waals surface area contributed by atoms with Gasteiger partial charge in [-0.05, 0) is 50.3 Å². The molecule has 19 heavy (non-hydrogen) atoms. The SMILES string of the molecule is COc1cc(C)cc(C)c1C(NN)C1(OC)CCC1. The van der Waals surface area contributed by atoms with Crippen LogP contribution < -0.4 is 16.0 Å². The molecule has 0 heterocycles. The molecule has 1 aromatic carbocycles. The Morgan fingerprint density at radius 3 is 2.37 bits per heavy atom. The molecule has 0 radical (unpaired) electrons. The molecule has 4 heteroatoms. The van der Waals surface area contributed by atoms with Gasteiger partial charge in [-0.3, -0.25) is 5.84 Å². The lowest BCUT2D eigenvalue weighted by atomic mass is 9.71. The van der Waals surface area contributed by atoms with Crippen LogP contribution in [-0.2, 0) is 4.74 Å². The van der Waals surface area contributed by atoms with E-state index in [1.807, 2.05) is 0 Å². The zero-order valence-corrected chi connectivity index (χ0v) is 12.2. The van der Waals surface area contributed by atoms with E-state index in [0.29, 0.717) is 0 Å². The Balaban J connectivity index is 2.49. The summed E-state index contributed by atoms with van der Waals surface area (Å²) < 4.78 is 11.3. The first-order valence-electron chi connectivity index (χ1n) is 6.74. The predicted molar refractivity (Wildman–Crippen MR) is 76.1 cm³/mol. The number of nitrogens with two attached hydrogens (primary N) is 1. The van der Waals surface area contributed by atoms with Crippen LogP contribution in [0, 0.1) is 13.8 Å². The molecular formula is C15H24N2O2. The van der Waals surface area contributed by atoms with E-state index < -0.39 is 0 Å². The molecule has 0 bridgehead atoms. The summed E-state index contributed by atoms with van der Waals surface area (Å²) in [4.78, 5) is 0. The molecule has 0 spiro atoms. The Kier molecular flexibility index (Phi) is 4.13. The molecule has 4 nitrogen and oxygen atoms in total. The highest BCUT2D eigenvalue weighted by Gasteiger charge is 2.46. The lowest BCUT2D eigenvalue weighted by Gasteiger charge is -2.47. The fourth-order valence-electron chi connectivity index (χ4n) is 3.11. The number of hydrogen-bond acceptors (Lipinski definition) is 4. The number of methoxy groups -OCH3 is 2. The van der Waals surface area contributed by atoms with Gasteiger partial charge < -0.3 is 9.47 Å². The van der Waals surface area contributed by atoms with Crippen LogP contribution in [0.25, 0.3) is 0 Å². The Morgan fingerprint density at radius 2 is 1.95 bits per heavy atom. The van der Waals surface area contributed by atoms with Gasteiger partial charge in [0, 0.05) is 12.7 Å². The molecule has 0 amide bonds. The van der Waals surface area contributed by atoms with Gasteiger partial charge in [0.05, 0.1) is 18.8 Å². The quantitative estimate of drug-likeness (QED) is 0.633. The molecule has 0 aromatic heterocycles. The third-order valence-electron chi connectivity index (χ3n) is 4.30. The summed E-state index contributed by atoms with van der Waals surface area (Å²) in [6.07, 6.45) is 3.23. The van der Waals surface area contributed by atoms with Crippen LogP contribution in [0.2, 0.25) is 0 Å². The van der Waals surface area contributed by atoms with Crippen molar-refractivity contribution in [1.29, 1.82) is 0 Å². The Labute approximate surface area is 115 Å². The highest BCUT2D eigenvalue weighted by atomic mass is 16.5. The van der Waals surface area contributed by atoms with Gasteiger partial charge in [-0.15, -0.1) is 0 Å². The summed E-state index contributed by atoms with van der Waals surface area (Å²) in [6, 6.07) is 4.17. The molecule has 1 saturated carbocycles. The van der Waals surface area contributed by atoms with Crippen LogP contribution in [0.5, 0.6) is 5.75 Å². The smallest absolute Gasteiger partial charge is 0.124 e. The van der Waals surface area contributed by atoms with Gasteiger partial charge in [-0.25, -0.2) is 5.43 Å². The molecule has 1 fully saturated rings. The third kappa shape index (κ3) is 2.36. The Hall–Kier alpha value is -1.10. The lowest BCUT2D eigenvalue weighted by Crippen LogP contribution is -2.52. The summed E-state index contributed by atoms with van der Waals surface area (Å²) >= 11 is 0. The van der Waals surface area contributed by atoms with Crippen molar-refractivity contribution < 1.29 is 9.47 Å². The van der Waals surface area contributed by atoms with Crippen LogP contribution in [0.4, 0.5) is 0 Å². The van der Waals surface area contributed by atoms with Gasteiger partial charge in [-0.1, -0.05) is 6.07 Å². The van der Waals surface area contributed by atoms with E-state index >= 15 is 0 Å². The minimum absolute atomic E-state index is 0.0400. The highest BCUT2D eigenvalue weighted by Crippen LogP contribution is 2.47. The molecule has 1 atom stereocenters. The molecule has 1 aliphatic carbocycles. The van der Waals surface area contributed by atoms with Crippen LogP contribution >= 0.6 is 0 Å². The lowest BCUT2D eigenvalue weighted by molar-refractivity contribution is -0.100. The van der Waals surface area contributed by atoms with Crippen LogP contribution in [0.3, 0.4) is 0 Å². The molecule has 1 unspecified atom stereocenters. The fourth-order valence-corrected chi connectivity index (χ4v) is 3.11. The van der Waals surface area contributed by atoms with Crippen molar-refractivity contribution >= 4 is 0 Å². The van der Waals surface area contributed by atoms with E-state index in [2.05, 4.69) is 31.4 Å². The summed E-state index contributed by atoms with van der Waals surface area (Å²) in [5.74, 6) is 6.70. The van der Waals surface area contributed by atoms with E-state index in [4.69, 9.17) is 15.3 Å². The first-order chi connectivity index (χ1) is 9.07. The molecule has 106 valence electrons. The largest absolute Gasteiger partial charge is 0.496 e. The molecule has 3 N–H and O–H groups in total. The van der Waals surface area contributed by atoms with E-state index in [0.717, 1.165) is 24.2 Å². The molecule has 1 aliphatic rings. The molecule has 2 rings (SSSR count). The zero-order valence-electron chi connectivity index (χ0n) is 12.2. The normalized spacial score (nSPS) is 18.8. The Morgan fingerprint density at radius 1 is 1.26 bits per heavy atom. The third-order valence-corrected chi connectivity index (χ3v) is 4.30. The maximum atomic E-state index is 5.82. The van der Waals surface area contributed by atoms with Crippen LogP contribution in [0.1, 0.15) is 42.0 Å². The van der Waals surface area contributed by atoms with E-state index in [1.165, 1.54) is 17.5 Å². The second kappa shape index (κ2) is 5.49. The standard InChI is InChI=1S/C15H24N2O2/c1-10-8-11(2)13(12(9-10)18-3)14(17-16)15(19-4)6-5-7-15/h8-9,14,17H,5-7,16H2,1-4H3. The van der Waals surface area contributed by atoms with Gasteiger partial charge in [0.1, 0.15) is 5.75 Å². The van der Waals surface area contributed by atoms with Crippen molar-refractivity contribution in [1.82, 2.24) is 5.43 Å². The second-order valence-corrected chi connectivity index (χ2v) is 5.42. The number of hydrazine groups is 1. The number of rotatable bonds is 5. The van der Waals surface area contributed by atoms with Gasteiger partial charge in [0.25, 0.3) is 0 Å². The molecular weight excluding hydrogens is 240 g/mol. The van der Waals surface area contributed by atoms with E-state index in [9.17, 15) is 0 Å². The average Bonchev–Trinajstić information content (AvgIpc) is 2.34. The molecule has 1 aromatic rings. The van der Waals surface area contributed by atoms with Crippen LogP contribution in [-0.4, -0.2) is 19.8 Å². The van der Waals surface area contributed by atoms with Gasteiger partial charge in [0.2, 0.25) is 0 Å². The van der Waals surface area contributed by atoms with E-state index in [-0.39, 0.29) is 11.6 Å². The van der Waals surface area contributed by atoms with Gasteiger partial charge >= 0.3 is 0 Å². The van der Waals surface area contributed by atoms with Gasteiger partial charge in [0.15, 0.2) is 0 Å². The minimum Gasteiger partial charge on any atom is -0.496 e. The fraction of sp³-hybridized carbons (Fsp3) is 0.600. The van der Waals surface area contributed by atoms with Crippen molar-refractivity contribution in [2.75, 3.05) is 14.2 Å². The van der Waals surface area contributed by atoms with Crippen molar-refractivity contribution in [3.05, 3.63) is 28.8 Å². The maximum Gasteiger partial charge on any atom is 0.124 e. The number of ether oxygens (including phenoxy) is 2. The predicted octanol–water partition coefficient (Wildman–Crippen LogP) is 2.39. The first-order valence-corrected chi connectivity index (χ1v) is 6.74. The monoisotopic (exact) mass is 264 g/mol.